The van der Waals surface area contributed by atoms with Crippen molar-refractivity contribution in [3.8, 4) is 6.07 Å². The molecular formula is C10H17N3O. The fourth-order valence-corrected chi connectivity index (χ4v) is 1.18. The van der Waals surface area contributed by atoms with E-state index >= 15 is 0 Å². The first-order valence-corrected chi connectivity index (χ1v) is 5.18. The normalized spacial score (nSPS) is 17.1. The lowest BCUT2D eigenvalue weighted by atomic mass is 10.2. The number of nitriles is 1. The maximum absolute atomic E-state index is 11.3. The average Bonchev–Trinajstić information content (AvgIpc) is 2.95. The van der Waals surface area contributed by atoms with E-state index < -0.39 is 0 Å². The Morgan fingerprint density at radius 3 is 2.86 bits per heavy atom. The van der Waals surface area contributed by atoms with Gasteiger partial charge < -0.3 is 10.6 Å². The molecule has 0 aromatic rings. The predicted molar refractivity (Wildman–Crippen MR) is 53.5 cm³/mol. The minimum absolute atomic E-state index is 0.0114. The lowest BCUT2D eigenvalue weighted by molar-refractivity contribution is -0.121. The maximum Gasteiger partial charge on any atom is 0.222 e. The van der Waals surface area contributed by atoms with Crippen LogP contribution in [-0.2, 0) is 4.79 Å². The van der Waals surface area contributed by atoms with E-state index in [0.29, 0.717) is 6.04 Å². The number of hydrogen-bond acceptors (Lipinski definition) is 3. The Labute approximate surface area is 84.7 Å². The summed E-state index contributed by atoms with van der Waals surface area (Å²) in [7, 11) is 0. The van der Waals surface area contributed by atoms with Gasteiger partial charge in [0.15, 0.2) is 0 Å². The predicted octanol–water partition coefficient (Wildman–Crippen LogP) is 0.547. The van der Waals surface area contributed by atoms with Gasteiger partial charge in [-0.3, -0.25) is 4.79 Å². The van der Waals surface area contributed by atoms with Crippen LogP contribution in [-0.4, -0.2) is 24.5 Å². The molecule has 0 radical (unpaired) electrons. The molecule has 0 aliphatic heterocycles. The molecule has 0 aromatic heterocycles. The Bertz CT molecular complexity index is 230. The lowest BCUT2D eigenvalue weighted by Gasteiger charge is -2.10. The number of carbonyl (C=O) groups excluding carboxylic acids is 1. The summed E-state index contributed by atoms with van der Waals surface area (Å²) in [6, 6.07) is 2.13. The van der Waals surface area contributed by atoms with Gasteiger partial charge in [0, 0.05) is 6.04 Å². The van der Waals surface area contributed by atoms with E-state index in [1.165, 1.54) is 0 Å². The zero-order valence-corrected chi connectivity index (χ0v) is 8.55. The van der Waals surface area contributed by atoms with E-state index in [9.17, 15) is 4.79 Å². The summed E-state index contributed by atoms with van der Waals surface area (Å²) in [5, 5.41) is 14.6. The molecule has 1 saturated carbocycles. The number of nitrogens with zero attached hydrogens (tertiary/aromatic N) is 1. The van der Waals surface area contributed by atoms with Gasteiger partial charge >= 0.3 is 0 Å². The summed E-state index contributed by atoms with van der Waals surface area (Å²) in [4.78, 5) is 11.3. The molecule has 4 nitrogen and oxygen atoms in total. The van der Waals surface area contributed by atoms with Gasteiger partial charge in [0.25, 0.3) is 0 Å². The Balaban J connectivity index is 2.17. The molecule has 14 heavy (non-hydrogen) atoms. The highest BCUT2D eigenvalue weighted by Gasteiger charge is 2.24. The summed E-state index contributed by atoms with van der Waals surface area (Å²) >= 11 is 0. The van der Waals surface area contributed by atoms with E-state index in [4.69, 9.17) is 5.26 Å². The lowest BCUT2D eigenvalue weighted by Crippen LogP contribution is -2.35. The summed E-state index contributed by atoms with van der Waals surface area (Å²) in [5.74, 6) is -0.0114. The highest BCUT2D eigenvalue weighted by Crippen LogP contribution is 2.18. The quantitative estimate of drug-likeness (QED) is 0.650. The molecule has 0 spiro atoms. The third kappa shape index (κ3) is 4.24. The van der Waals surface area contributed by atoms with Crippen molar-refractivity contribution in [3.63, 3.8) is 0 Å². The summed E-state index contributed by atoms with van der Waals surface area (Å²) in [6.45, 7) is 2.82. The van der Waals surface area contributed by atoms with Gasteiger partial charge in [-0.15, -0.1) is 0 Å². The zero-order chi connectivity index (χ0) is 10.4. The molecule has 0 bridgehead atoms. The molecule has 2 N–H and O–H groups in total. The third-order valence-electron chi connectivity index (χ3n) is 2.13. The van der Waals surface area contributed by atoms with Crippen molar-refractivity contribution < 1.29 is 4.79 Å². The zero-order valence-electron chi connectivity index (χ0n) is 8.55. The second-order valence-corrected chi connectivity index (χ2v) is 3.68. The van der Waals surface area contributed by atoms with E-state index in [0.717, 1.165) is 25.8 Å². The first-order chi connectivity index (χ1) is 6.76. The van der Waals surface area contributed by atoms with Crippen molar-refractivity contribution in [2.45, 2.75) is 44.7 Å². The first kappa shape index (κ1) is 11.0. The van der Waals surface area contributed by atoms with Gasteiger partial charge in [-0.25, -0.2) is 0 Å². The number of carbonyl (C=O) groups is 1. The highest BCUT2D eigenvalue weighted by atomic mass is 16.1. The van der Waals surface area contributed by atoms with Crippen molar-refractivity contribution in [2.24, 2.45) is 0 Å². The third-order valence-corrected chi connectivity index (χ3v) is 2.13. The maximum atomic E-state index is 11.3. The van der Waals surface area contributed by atoms with Crippen LogP contribution in [0.5, 0.6) is 0 Å². The topological polar surface area (TPSA) is 64.9 Å². The Hall–Kier alpha value is -1.08. The van der Waals surface area contributed by atoms with Crippen molar-refractivity contribution in [1.82, 2.24) is 10.6 Å². The van der Waals surface area contributed by atoms with Crippen molar-refractivity contribution >= 4 is 5.91 Å². The van der Waals surface area contributed by atoms with Crippen molar-refractivity contribution in [3.05, 3.63) is 0 Å². The summed E-state index contributed by atoms with van der Waals surface area (Å²) in [5.41, 5.74) is 0. The number of nitrogens with one attached hydrogen (secondary N) is 2. The van der Waals surface area contributed by atoms with Gasteiger partial charge in [0.05, 0.1) is 12.5 Å². The number of rotatable bonds is 6. The monoisotopic (exact) mass is 195 g/mol. The standard InChI is InChI=1S/C10H17N3O/c1-2-5-12-9(7-11)6-10(14)13-8-3-4-8/h8-9,12H,2-6H2,1H3,(H,13,14). The van der Waals surface area contributed by atoms with Crippen LogP contribution in [0.1, 0.15) is 32.6 Å². The molecule has 1 unspecified atom stereocenters. The minimum atomic E-state index is -0.339. The highest BCUT2D eigenvalue weighted by molar-refractivity contribution is 5.77. The minimum Gasteiger partial charge on any atom is -0.353 e. The van der Waals surface area contributed by atoms with Crippen LogP contribution in [0.4, 0.5) is 0 Å². The summed E-state index contributed by atoms with van der Waals surface area (Å²) < 4.78 is 0. The molecule has 1 rings (SSSR count). The molecular weight excluding hydrogens is 178 g/mol. The van der Waals surface area contributed by atoms with E-state index in [2.05, 4.69) is 16.7 Å². The van der Waals surface area contributed by atoms with Crippen LogP contribution in [0.3, 0.4) is 0 Å². The van der Waals surface area contributed by atoms with Crippen molar-refractivity contribution in [1.29, 1.82) is 5.26 Å². The van der Waals surface area contributed by atoms with E-state index in [1.54, 1.807) is 0 Å². The van der Waals surface area contributed by atoms with Gasteiger partial charge in [-0.2, -0.15) is 5.26 Å². The van der Waals surface area contributed by atoms with E-state index in [-0.39, 0.29) is 18.4 Å². The number of amides is 1. The average molecular weight is 195 g/mol. The Kier molecular flexibility index (Phi) is 4.41. The molecule has 1 aliphatic rings. The van der Waals surface area contributed by atoms with Crippen LogP contribution in [0, 0.1) is 11.3 Å². The molecule has 1 fully saturated rings. The molecule has 78 valence electrons. The molecule has 0 saturated heterocycles. The smallest absolute Gasteiger partial charge is 0.222 e. The van der Waals surface area contributed by atoms with Crippen LogP contribution < -0.4 is 10.6 Å². The van der Waals surface area contributed by atoms with Crippen molar-refractivity contribution in [2.75, 3.05) is 6.54 Å². The first-order valence-electron chi connectivity index (χ1n) is 5.18. The molecule has 0 aromatic carbocycles. The second-order valence-electron chi connectivity index (χ2n) is 3.68. The molecule has 1 amide bonds. The Morgan fingerprint density at radius 2 is 2.36 bits per heavy atom. The van der Waals surface area contributed by atoms with Crippen LogP contribution in [0.2, 0.25) is 0 Å². The molecule has 0 heterocycles. The fraction of sp³-hybridized carbons (Fsp3) is 0.800. The van der Waals surface area contributed by atoms with E-state index in [1.807, 2.05) is 6.92 Å². The van der Waals surface area contributed by atoms with Crippen LogP contribution in [0.15, 0.2) is 0 Å². The fourth-order valence-electron chi connectivity index (χ4n) is 1.18. The van der Waals surface area contributed by atoms with Gasteiger partial charge in [-0.1, -0.05) is 6.92 Å². The SMILES string of the molecule is CCCNC(C#N)CC(=O)NC1CC1. The summed E-state index contributed by atoms with van der Waals surface area (Å²) in [6.07, 6.45) is 3.42. The van der Waals surface area contributed by atoms with Crippen LogP contribution >= 0.6 is 0 Å². The van der Waals surface area contributed by atoms with Gasteiger partial charge in [-0.05, 0) is 25.8 Å². The molecule has 4 heteroatoms. The second kappa shape index (κ2) is 5.61. The van der Waals surface area contributed by atoms with Gasteiger partial charge in [0.2, 0.25) is 5.91 Å². The molecule has 1 atom stereocenters. The molecule has 1 aliphatic carbocycles. The largest absolute Gasteiger partial charge is 0.353 e. The Morgan fingerprint density at radius 1 is 1.64 bits per heavy atom. The number of hydrogen-bond donors (Lipinski definition) is 2. The van der Waals surface area contributed by atoms with Gasteiger partial charge in [0.1, 0.15) is 6.04 Å². The van der Waals surface area contributed by atoms with Crippen LogP contribution in [0.25, 0.3) is 0 Å².